The summed E-state index contributed by atoms with van der Waals surface area (Å²) in [6, 6.07) is 6.26. The van der Waals surface area contributed by atoms with Crippen LogP contribution in [0, 0.1) is 0 Å². The molecule has 0 spiro atoms. The molecule has 84 valence electrons. The highest BCUT2D eigenvalue weighted by Gasteiger charge is 2.07. The molecule has 0 N–H and O–H groups in total. The summed E-state index contributed by atoms with van der Waals surface area (Å²) < 4.78 is 5.12. The van der Waals surface area contributed by atoms with Gasteiger partial charge in [-0.3, -0.25) is 4.79 Å². The number of rotatable bonds is 3. The average molecular weight is 348 g/mol. The van der Waals surface area contributed by atoms with Crippen molar-refractivity contribution in [3.05, 3.63) is 44.9 Å². The summed E-state index contributed by atoms with van der Waals surface area (Å²) in [5.74, 6) is -0.573. The highest BCUT2D eigenvalue weighted by atomic mass is 79.9. The Morgan fingerprint density at radius 3 is 2.06 bits per heavy atom. The van der Waals surface area contributed by atoms with Crippen LogP contribution in [-0.4, -0.2) is 18.9 Å². The van der Waals surface area contributed by atoms with Crippen LogP contribution in [-0.2, 0) is 4.74 Å². The first kappa shape index (κ1) is 13.1. The van der Waals surface area contributed by atoms with Crippen LogP contribution in [0.2, 0.25) is 0 Å². The second-order valence-corrected chi connectivity index (χ2v) is 5.64. The van der Waals surface area contributed by atoms with Crippen molar-refractivity contribution in [2.45, 2.75) is 0 Å². The van der Waals surface area contributed by atoms with Gasteiger partial charge in [-0.1, -0.05) is 12.1 Å². The minimum Gasteiger partial charge on any atom is -0.465 e. The van der Waals surface area contributed by atoms with Crippen molar-refractivity contribution < 1.29 is 14.3 Å². The van der Waals surface area contributed by atoms with E-state index in [4.69, 9.17) is 0 Å². The van der Waals surface area contributed by atoms with Crippen LogP contribution in [0.1, 0.15) is 20.7 Å². The molecule has 0 amide bonds. The zero-order chi connectivity index (χ0) is 12.1. The van der Waals surface area contributed by atoms with Crippen molar-refractivity contribution in [2.75, 3.05) is 7.11 Å². The Kier molecular flexibility index (Phi) is 4.89. The number of hydrogen-bond donors (Lipinski definition) is 0. The largest absolute Gasteiger partial charge is 0.465 e. The first-order valence-corrected chi connectivity index (χ1v) is 5.88. The van der Waals surface area contributed by atoms with Gasteiger partial charge in [-0.25, -0.2) is 4.79 Å². The average Bonchev–Trinajstić information content (AvgIpc) is 2.27. The Morgan fingerprint density at radius 1 is 1.12 bits per heavy atom. The fraction of sp³-hybridized carbons (Fsp3) is 0.0909. The highest BCUT2D eigenvalue weighted by Crippen LogP contribution is 2.15. The van der Waals surface area contributed by atoms with Crippen molar-refractivity contribution in [3.8, 4) is 0 Å². The Bertz CT molecular complexity index is 431. The summed E-state index contributed by atoms with van der Waals surface area (Å²) in [6.07, 6.45) is 1.40. The van der Waals surface area contributed by atoms with Crippen molar-refractivity contribution in [1.82, 2.24) is 0 Å². The molecule has 0 aliphatic carbocycles. The number of carbonyl (C=O) groups is 2. The van der Waals surface area contributed by atoms with Gasteiger partial charge in [0.15, 0.2) is 5.78 Å². The lowest BCUT2D eigenvalue weighted by Gasteiger charge is -2.00. The first-order chi connectivity index (χ1) is 7.54. The summed E-state index contributed by atoms with van der Waals surface area (Å²) in [6.45, 7) is 0. The fourth-order valence-electron chi connectivity index (χ4n) is 1.07. The minimum absolute atomic E-state index is 0.153. The monoisotopic (exact) mass is 346 g/mol. The molecule has 16 heavy (non-hydrogen) atoms. The van der Waals surface area contributed by atoms with E-state index in [1.54, 1.807) is 24.3 Å². The van der Waals surface area contributed by atoms with Gasteiger partial charge < -0.3 is 4.74 Å². The number of ketones is 1. The first-order valence-electron chi connectivity index (χ1n) is 4.30. The molecule has 0 bridgehead atoms. The van der Waals surface area contributed by atoms with Crippen LogP contribution in [0.3, 0.4) is 0 Å². The van der Waals surface area contributed by atoms with Gasteiger partial charge in [-0.05, 0) is 44.0 Å². The van der Waals surface area contributed by atoms with Crippen LogP contribution in [0.4, 0.5) is 0 Å². The topological polar surface area (TPSA) is 43.4 Å². The van der Waals surface area contributed by atoms with E-state index < -0.39 is 5.97 Å². The molecule has 0 aromatic heterocycles. The Hall–Kier alpha value is -0.940. The lowest BCUT2D eigenvalue weighted by atomic mass is 10.1. The Morgan fingerprint density at radius 2 is 1.62 bits per heavy atom. The van der Waals surface area contributed by atoms with Gasteiger partial charge in [0, 0.05) is 11.6 Å². The molecule has 3 nitrogen and oxygen atoms in total. The molecule has 5 heteroatoms. The van der Waals surface area contributed by atoms with Crippen LogP contribution in [0.25, 0.3) is 0 Å². The van der Waals surface area contributed by atoms with Crippen molar-refractivity contribution in [2.24, 2.45) is 0 Å². The third-order valence-electron chi connectivity index (χ3n) is 1.83. The van der Waals surface area contributed by atoms with E-state index >= 15 is 0 Å². The summed E-state index contributed by atoms with van der Waals surface area (Å²) in [4.78, 5) is 22.7. The van der Waals surface area contributed by atoms with Gasteiger partial charge in [0.1, 0.15) is 0 Å². The predicted octanol–water partition coefficient (Wildman–Crippen LogP) is 3.29. The predicted molar refractivity (Wildman–Crippen MR) is 68.0 cm³/mol. The summed E-state index contributed by atoms with van der Waals surface area (Å²) >= 11 is 6.21. The normalized spacial score (nSPS) is 9.44. The number of hydrogen-bond acceptors (Lipinski definition) is 3. The number of carbonyl (C=O) groups excluding carboxylic acids is 2. The molecule has 0 unspecified atom stereocenters. The Balaban J connectivity index is 2.91. The molecule has 1 rings (SSSR count). The second kappa shape index (κ2) is 5.96. The standard InChI is InChI=1S/C11H8Br2O3/c1-16-11(15)8-4-2-7(3-5-8)9(14)6-10(12)13/h2-6H,1H3. The van der Waals surface area contributed by atoms with E-state index in [0.29, 0.717) is 14.5 Å². The molecular formula is C11H8Br2O3. The van der Waals surface area contributed by atoms with E-state index in [0.717, 1.165) is 0 Å². The maximum Gasteiger partial charge on any atom is 0.337 e. The third kappa shape index (κ3) is 3.57. The highest BCUT2D eigenvalue weighted by molar-refractivity contribution is 9.28. The smallest absolute Gasteiger partial charge is 0.337 e. The number of methoxy groups -OCH3 is 1. The summed E-state index contributed by atoms with van der Waals surface area (Å²) in [5, 5.41) is 0. The lowest BCUT2D eigenvalue weighted by Crippen LogP contribution is -2.02. The van der Waals surface area contributed by atoms with E-state index in [2.05, 4.69) is 36.6 Å². The van der Waals surface area contributed by atoms with E-state index in [9.17, 15) is 9.59 Å². The Labute approximate surface area is 110 Å². The van der Waals surface area contributed by atoms with Gasteiger partial charge in [-0.2, -0.15) is 0 Å². The molecule has 0 radical (unpaired) electrons. The van der Waals surface area contributed by atoms with Crippen LogP contribution in [0.5, 0.6) is 0 Å². The maximum absolute atomic E-state index is 11.6. The summed E-state index contributed by atoms with van der Waals surface area (Å²) in [5.41, 5.74) is 0.921. The van der Waals surface area contributed by atoms with Gasteiger partial charge in [0.05, 0.1) is 16.1 Å². The SMILES string of the molecule is COC(=O)c1ccc(C(=O)C=C(Br)Br)cc1. The van der Waals surface area contributed by atoms with Crippen molar-refractivity contribution in [1.29, 1.82) is 0 Å². The zero-order valence-corrected chi connectivity index (χ0v) is 11.5. The summed E-state index contributed by atoms with van der Waals surface area (Å²) in [7, 11) is 1.31. The van der Waals surface area contributed by atoms with Gasteiger partial charge in [0.2, 0.25) is 0 Å². The molecule has 0 saturated carbocycles. The van der Waals surface area contributed by atoms with Gasteiger partial charge in [-0.15, -0.1) is 0 Å². The number of benzene rings is 1. The number of allylic oxidation sites excluding steroid dienone is 1. The van der Waals surface area contributed by atoms with Crippen LogP contribution >= 0.6 is 31.9 Å². The number of halogens is 2. The fourth-order valence-corrected chi connectivity index (χ4v) is 1.49. The minimum atomic E-state index is -0.420. The molecule has 0 fully saturated rings. The van der Waals surface area contributed by atoms with E-state index in [-0.39, 0.29) is 5.78 Å². The van der Waals surface area contributed by atoms with E-state index in [1.165, 1.54) is 13.2 Å². The number of esters is 1. The van der Waals surface area contributed by atoms with Crippen molar-refractivity contribution in [3.63, 3.8) is 0 Å². The third-order valence-corrected chi connectivity index (χ3v) is 2.29. The molecule has 1 aromatic rings. The van der Waals surface area contributed by atoms with Gasteiger partial charge in [0.25, 0.3) is 0 Å². The van der Waals surface area contributed by atoms with Crippen LogP contribution < -0.4 is 0 Å². The number of ether oxygens (including phenoxy) is 1. The lowest BCUT2D eigenvalue weighted by molar-refractivity contribution is 0.0600. The zero-order valence-electron chi connectivity index (χ0n) is 8.37. The molecule has 0 aliphatic heterocycles. The molecule has 0 atom stereocenters. The molecule has 1 aromatic carbocycles. The quantitative estimate of drug-likeness (QED) is 0.478. The van der Waals surface area contributed by atoms with Crippen molar-refractivity contribution >= 4 is 43.6 Å². The van der Waals surface area contributed by atoms with Gasteiger partial charge >= 0.3 is 5.97 Å². The second-order valence-electron chi connectivity index (χ2n) is 2.87. The molecule has 0 heterocycles. The molecule has 0 aliphatic rings. The maximum atomic E-state index is 11.6. The molecule has 0 saturated heterocycles. The molecular weight excluding hydrogens is 340 g/mol. The van der Waals surface area contributed by atoms with Crippen LogP contribution in [0.15, 0.2) is 33.7 Å². The van der Waals surface area contributed by atoms with E-state index in [1.807, 2.05) is 0 Å².